The van der Waals surface area contributed by atoms with Crippen LogP contribution in [-0.2, 0) is 12.1 Å². The maximum Gasteiger partial charge on any atom is 0.138 e. The summed E-state index contributed by atoms with van der Waals surface area (Å²) in [5, 5.41) is 3.21. The average Bonchev–Trinajstić information content (AvgIpc) is 2.37. The van der Waals surface area contributed by atoms with E-state index in [-0.39, 0.29) is 0 Å². The maximum atomic E-state index is 14.9. The van der Waals surface area contributed by atoms with E-state index in [0.29, 0.717) is 19.4 Å². The molecular formula is C14H21FN2. The highest BCUT2D eigenvalue weighted by atomic mass is 19.1. The van der Waals surface area contributed by atoms with E-state index < -0.39 is 5.67 Å². The number of benzene rings is 1. The van der Waals surface area contributed by atoms with Crippen molar-refractivity contribution in [1.82, 2.24) is 5.32 Å². The molecule has 1 saturated heterocycles. The summed E-state index contributed by atoms with van der Waals surface area (Å²) >= 11 is 0. The zero-order chi connectivity index (χ0) is 12.1. The first-order valence-corrected chi connectivity index (χ1v) is 6.44. The van der Waals surface area contributed by atoms with E-state index >= 15 is 0 Å². The lowest BCUT2D eigenvalue weighted by molar-refractivity contribution is 0.114. The Hall–Kier alpha value is -0.930. The average molecular weight is 236 g/mol. The van der Waals surface area contributed by atoms with Gasteiger partial charge in [0.2, 0.25) is 0 Å². The molecule has 0 unspecified atom stereocenters. The Balaban J connectivity index is 2.23. The number of halogens is 1. The molecule has 2 rings (SSSR count). The molecule has 0 atom stereocenters. The van der Waals surface area contributed by atoms with Gasteiger partial charge in [0.25, 0.3) is 0 Å². The van der Waals surface area contributed by atoms with Gasteiger partial charge in [0.15, 0.2) is 0 Å². The number of aryl methyl sites for hydroxylation is 1. The molecule has 2 nitrogen and oxygen atoms in total. The number of nitrogens with one attached hydrogen (secondary N) is 1. The van der Waals surface area contributed by atoms with Gasteiger partial charge in [0.1, 0.15) is 5.67 Å². The van der Waals surface area contributed by atoms with Crippen molar-refractivity contribution >= 4 is 0 Å². The lowest BCUT2D eigenvalue weighted by Gasteiger charge is -2.32. The molecule has 1 aromatic carbocycles. The highest BCUT2D eigenvalue weighted by Crippen LogP contribution is 2.37. The van der Waals surface area contributed by atoms with Crippen molar-refractivity contribution in [2.45, 2.75) is 31.4 Å². The Morgan fingerprint density at radius 3 is 2.65 bits per heavy atom. The first kappa shape index (κ1) is 12.5. The van der Waals surface area contributed by atoms with Gasteiger partial charge in [0, 0.05) is 0 Å². The van der Waals surface area contributed by atoms with E-state index in [1.165, 1.54) is 0 Å². The van der Waals surface area contributed by atoms with Crippen molar-refractivity contribution in [1.29, 1.82) is 0 Å². The van der Waals surface area contributed by atoms with E-state index in [4.69, 9.17) is 5.73 Å². The number of rotatable bonds is 4. The summed E-state index contributed by atoms with van der Waals surface area (Å²) in [6.45, 7) is 2.19. The Morgan fingerprint density at radius 2 is 1.94 bits per heavy atom. The fraction of sp³-hybridized carbons (Fsp3) is 0.571. The van der Waals surface area contributed by atoms with Crippen molar-refractivity contribution in [3.8, 4) is 0 Å². The molecule has 1 heterocycles. The molecule has 94 valence electrons. The largest absolute Gasteiger partial charge is 0.330 e. The van der Waals surface area contributed by atoms with Crippen molar-refractivity contribution in [3.63, 3.8) is 0 Å². The van der Waals surface area contributed by atoms with Crippen LogP contribution in [0.1, 0.15) is 30.4 Å². The monoisotopic (exact) mass is 236 g/mol. The Morgan fingerprint density at radius 1 is 1.24 bits per heavy atom. The van der Waals surface area contributed by atoms with E-state index in [9.17, 15) is 4.39 Å². The van der Waals surface area contributed by atoms with Gasteiger partial charge in [-0.15, -0.1) is 0 Å². The summed E-state index contributed by atoms with van der Waals surface area (Å²) < 4.78 is 14.9. The molecule has 1 aromatic rings. The fourth-order valence-electron chi connectivity index (χ4n) is 2.56. The van der Waals surface area contributed by atoms with Crippen molar-refractivity contribution in [2.24, 2.45) is 5.73 Å². The SMILES string of the molecule is NCCCc1ccccc1C1(F)CCNCC1. The molecule has 3 N–H and O–H groups in total. The van der Waals surface area contributed by atoms with Crippen LogP contribution in [0.5, 0.6) is 0 Å². The third-order valence-corrected chi connectivity index (χ3v) is 3.55. The molecule has 0 aliphatic carbocycles. The van der Waals surface area contributed by atoms with Crippen LogP contribution in [0.3, 0.4) is 0 Å². The topological polar surface area (TPSA) is 38.0 Å². The zero-order valence-corrected chi connectivity index (χ0v) is 10.2. The minimum absolute atomic E-state index is 0.576. The fourth-order valence-corrected chi connectivity index (χ4v) is 2.56. The summed E-state index contributed by atoms with van der Waals surface area (Å²) in [5.41, 5.74) is 6.40. The van der Waals surface area contributed by atoms with Gasteiger partial charge in [-0.05, 0) is 56.4 Å². The van der Waals surface area contributed by atoms with Gasteiger partial charge < -0.3 is 11.1 Å². The molecule has 0 spiro atoms. The van der Waals surface area contributed by atoms with Gasteiger partial charge in [0.05, 0.1) is 0 Å². The van der Waals surface area contributed by atoms with E-state index in [0.717, 1.165) is 37.1 Å². The summed E-state index contributed by atoms with van der Waals surface area (Å²) in [4.78, 5) is 0. The van der Waals surface area contributed by atoms with Crippen molar-refractivity contribution in [3.05, 3.63) is 35.4 Å². The number of piperidine rings is 1. The lowest BCUT2D eigenvalue weighted by atomic mass is 9.83. The van der Waals surface area contributed by atoms with Gasteiger partial charge in [-0.2, -0.15) is 0 Å². The molecule has 0 saturated carbocycles. The van der Waals surface area contributed by atoms with Crippen LogP contribution in [0.15, 0.2) is 24.3 Å². The number of hydrogen-bond donors (Lipinski definition) is 2. The molecule has 0 aromatic heterocycles. The van der Waals surface area contributed by atoms with E-state index in [1.54, 1.807) is 0 Å². The molecule has 0 bridgehead atoms. The third-order valence-electron chi connectivity index (χ3n) is 3.55. The highest BCUT2D eigenvalue weighted by Gasteiger charge is 2.34. The first-order chi connectivity index (χ1) is 8.26. The minimum atomic E-state index is -1.14. The Labute approximate surface area is 102 Å². The van der Waals surface area contributed by atoms with Gasteiger partial charge in [-0.1, -0.05) is 24.3 Å². The number of hydrogen-bond acceptors (Lipinski definition) is 2. The van der Waals surface area contributed by atoms with Gasteiger partial charge in [-0.3, -0.25) is 0 Å². The van der Waals surface area contributed by atoms with Gasteiger partial charge >= 0.3 is 0 Å². The summed E-state index contributed by atoms with van der Waals surface area (Å²) in [7, 11) is 0. The van der Waals surface area contributed by atoms with Crippen LogP contribution in [-0.4, -0.2) is 19.6 Å². The van der Waals surface area contributed by atoms with Crippen LogP contribution in [0.25, 0.3) is 0 Å². The third kappa shape index (κ3) is 2.85. The number of nitrogens with two attached hydrogens (primary N) is 1. The maximum absolute atomic E-state index is 14.9. The standard InChI is InChI=1S/C14H21FN2/c15-14(7-10-17-11-8-14)13-6-2-1-4-12(13)5-3-9-16/h1-2,4,6,17H,3,5,7-11,16H2. The summed E-state index contributed by atoms with van der Waals surface area (Å²) in [6.07, 6.45) is 2.95. The summed E-state index contributed by atoms with van der Waals surface area (Å²) in [5.74, 6) is 0. The molecule has 17 heavy (non-hydrogen) atoms. The summed E-state index contributed by atoms with van der Waals surface area (Å²) in [6, 6.07) is 7.90. The first-order valence-electron chi connectivity index (χ1n) is 6.44. The second-order valence-electron chi connectivity index (χ2n) is 4.76. The van der Waals surface area contributed by atoms with Crippen LogP contribution in [0, 0.1) is 0 Å². The quantitative estimate of drug-likeness (QED) is 0.840. The van der Waals surface area contributed by atoms with Crippen molar-refractivity contribution in [2.75, 3.05) is 19.6 Å². The molecule has 0 radical (unpaired) electrons. The van der Waals surface area contributed by atoms with Gasteiger partial charge in [-0.25, -0.2) is 4.39 Å². The normalized spacial score (nSPS) is 19.2. The Kier molecular flexibility index (Phi) is 4.13. The molecule has 0 amide bonds. The Bertz CT molecular complexity index is 359. The molecule has 1 aliphatic rings. The van der Waals surface area contributed by atoms with Crippen LogP contribution >= 0.6 is 0 Å². The lowest BCUT2D eigenvalue weighted by Crippen LogP contribution is -2.37. The van der Waals surface area contributed by atoms with E-state index in [1.807, 2.05) is 24.3 Å². The minimum Gasteiger partial charge on any atom is -0.330 e. The van der Waals surface area contributed by atoms with Crippen LogP contribution < -0.4 is 11.1 Å². The predicted molar refractivity (Wildman–Crippen MR) is 68.7 cm³/mol. The zero-order valence-electron chi connectivity index (χ0n) is 10.2. The smallest absolute Gasteiger partial charge is 0.138 e. The molecular weight excluding hydrogens is 215 g/mol. The van der Waals surface area contributed by atoms with Crippen LogP contribution in [0.2, 0.25) is 0 Å². The van der Waals surface area contributed by atoms with E-state index in [2.05, 4.69) is 5.32 Å². The molecule has 3 heteroatoms. The molecule has 1 aliphatic heterocycles. The van der Waals surface area contributed by atoms with Crippen molar-refractivity contribution < 1.29 is 4.39 Å². The molecule has 1 fully saturated rings. The predicted octanol–water partition coefficient (Wildman–Crippen LogP) is 2.13. The highest BCUT2D eigenvalue weighted by molar-refractivity contribution is 5.33. The second-order valence-corrected chi connectivity index (χ2v) is 4.76. The second kappa shape index (κ2) is 5.61. The number of alkyl halides is 1. The van der Waals surface area contributed by atoms with Crippen LogP contribution in [0.4, 0.5) is 4.39 Å².